The molecule has 57 heavy (non-hydrogen) atoms. The molecule has 0 heterocycles. The number of hydrogen-bond acceptors (Lipinski definition) is 6. The summed E-state index contributed by atoms with van der Waals surface area (Å²) >= 11 is 0. The van der Waals surface area contributed by atoms with Gasteiger partial charge in [-0.15, -0.1) is 0 Å². The fraction of sp³-hybridized carbons (Fsp3) is 0.875. The van der Waals surface area contributed by atoms with E-state index in [0.717, 1.165) is 57.8 Å². The van der Waals surface area contributed by atoms with Crippen molar-refractivity contribution in [2.45, 2.75) is 257 Å². The maximum atomic E-state index is 12.8. The van der Waals surface area contributed by atoms with Crippen LogP contribution in [0.2, 0.25) is 0 Å². The lowest BCUT2D eigenvalue weighted by Crippen LogP contribution is -2.47. The molecular formula is C48H90N2O7. The first-order chi connectivity index (χ1) is 27.8. The number of carboxylic acids is 1. The Morgan fingerprint density at radius 2 is 0.895 bits per heavy atom. The number of rotatable bonds is 44. The van der Waals surface area contributed by atoms with E-state index in [1.165, 1.54) is 154 Å². The highest BCUT2D eigenvalue weighted by molar-refractivity contribution is 5.87. The van der Waals surface area contributed by atoms with Crippen molar-refractivity contribution in [2.24, 2.45) is 0 Å². The molecule has 2 atom stereocenters. The van der Waals surface area contributed by atoms with Crippen molar-refractivity contribution in [3.8, 4) is 0 Å². The van der Waals surface area contributed by atoms with Gasteiger partial charge in [0.2, 0.25) is 11.8 Å². The van der Waals surface area contributed by atoms with Gasteiger partial charge in [0.15, 0.2) is 0 Å². The number of carbonyl (C=O) groups is 4. The third-order valence-electron chi connectivity index (χ3n) is 11.0. The van der Waals surface area contributed by atoms with E-state index in [9.17, 15) is 19.2 Å². The van der Waals surface area contributed by atoms with Crippen LogP contribution in [0.5, 0.6) is 0 Å². The van der Waals surface area contributed by atoms with E-state index in [-0.39, 0.29) is 24.5 Å². The molecule has 0 spiro atoms. The monoisotopic (exact) mass is 807 g/mol. The molecule has 0 aromatic heterocycles. The van der Waals surface area contributed by atoms with E-state index in [1.807, 2.05) is 0 Å². The lowest BCUT2D eigenvalue weighted by Gasteiger charge is -2.18. The van der Waals surface area contributed by atoms with Crippen molar-refractivity contribution in [1.82, 2.24) is 10.6 Å². The highest BCUT2D eigenvalue weighted by atomic mass is 16.5. The summed E-state index contributed by atoms with van der Waals surface area (Å²) in [5.41, 5.74) is 0. The van der Waals surface area contributed by atoms with E-state index >= 15 is 0 Å². The lowest BCUT2D eigenvalue weighted by molar-refractivity contribution is -0.150. The molecule has 0 aromatic carbocycles. The van der Waals surface area contributed by atoms with Crippen molar-refractivity contribution in [1.29, 1.82) is 0 Å². The van der Waals surface area contributed by atoms with Crippen molar-refractivity contribution < 1.29 is 34.1 Å². The lowest BCUT2D eigenvalue weighted by atomic mass is 10.0. The predicted octanol–water partition coefficient (Wildman–Crippen LogP) is 12.2. The number of nitrogens with one attached hydrogen (secondary N) is 2. The van der Waals surface area contributed by atoms with Crippen LogP contribution in [0.3, 0.4) is 0 Å². The van der Waals surface area contributed by atoms with Crippen LogP contribution in [0.25, 0.3) is 0 Å². The molecule has 9 heteroatoms. The van der Waals surface area contributed by atoms with Crippen LogP contribution in [0.4, 0.5) is 0 Å². The van der Waals surface area contributed by atoms with Crippen LogP contribution in [-0.2, 0) is 23.9 Å². The smallest absolute Gasteiger partial charge is 0.328 e. The molecule has 0 fully saturated rings. The second-order valence-corrected chi connectivity index (χ2v) is 16.6. The number of hydrogen-bond donors (Lipinski definition) is 4. The Kier molecular flexibility index (Phi) is 41.3. The Hall–Kier alpha value is -2.42. The molecule has 334 valence electrons. The molecule has 0 radical (unpaired) electrons. The molecule has 0 aromatic rings. The van der Waals surface area contributed by atoms with Gasteiger partial charge in [-0.2, -0.15) is 0 Å². The van der Waals surface area contributed by atoms with Crippen LogP contribution in [0, 0.1) is 0 Å². The van der Waals surface area contributed by atoms with Gasteiger partial charge in [0.1, 0.15) is 12.1 Å². The molecule has 0 saturated heterocycles. The highest BCUT2D eigenvalue weighted by Gasteiger charge is 2.19. The molecule has 9 nitrogen and oxygen atoms in total. The number of unbranched alkanes of at least 4 members (excludes halogenated alkanes) is 28. The third-order valence-corrected chi connectivity index (χ3v) is 11.0. The molecule has 0 bridgehead atoms. The average molecular weight is 807 g/mol. The molecule has 2 unspecified atom stereocenters. The number of carbonyl (C=O) groups excluding carboxylic acids is 3. The summed E-state index contributed by atoms with van der Waals surface area (Å²) in [7, 11) is 0. The fourth-order valence-corrected chi connectivity index (χ4v) is 7.30. The van der Waals surface area contributed by atoms with Crippen molar-refractivity contribution >= 4 is 23.8 Å². The van der Waals surface area contributed by atoms with Gasteiger partial charge in [-0.05, 0) is 64.2 Å². The Morgan fingerprint density at radius 3 is 1.32 bits per heavy atom. The zero-order valence-electron chi connectivity index (χ0n) is 37.1. The van der Waals surface area contributed by atoms with Crippen LogP contribution in [0.1, 0.15) is 245 Å². The average Bonchev–Trinajstić information content (AvgIpc) is 3.20. The molecular weight excluding hydrogens is 717 g/mol. The number of ether oxygens (including phenoxy) is 1. The van der Waals surface area contributed by atoms with Crippen LogP contribution in [-0.4, -0.2) is 59.3 Å². The van der Waals surface area contributed by atoms with Gasteiger partial charge in [-0.1, -0.05) is 180 Å². The summed E-state index contributed by atoms with van der Waals surface area (Å²) < 4.78 is 6.05. The number of aliphatic hydroxyl groups is 1. The van der Waals surface area contributed by atoms with Gasteiger partial charge < -0.3 is 25.6 Å². The van der Waals surface area contributed by atoms with E-state index < -0.39 is 24.5 Å². The minimum absolute atomic E-state index is 0.0125. The topological polar surface area (TPSA) is 142 Å². The van der Waals surface area contributed by atoms with Gasteiger partial charge in [-0.25, -0.2) is 4.79 Å². The number of aliphatic hydroxyl groups excluding tert-OH is 1. The molecule has 4 N–H and O–H groups in total. The molecule has 0 aliphatic rings. The summed E-state index contributed by atoms with van der Waals surface area (Å²) in [4.78, 5) is 47.7. The van der Waals surface area contributed by atoms with E-state index in [0.29, 0.717) is 19.3 Å². The van der Waals surface area contributed by atoms with Gasteiger partial charge >= 0.3 is 11.9 Å². The maximum Gasteiger partial charge on any atom is 0.328 e. The second kappa shape index (κ2) is 43.2. The zero-order valence-corrected chi connectivity index (χ0v) is 37.1. The second-order valence-electron chi connectivity index (χ2n) is 16.6. The third kappa shape index (κ3) is 40.2. The summed E-state index contributed by atoms with van der Waals surface area (Å²) in [6.45, 7) is 3.51. The quantitative estimate of drug-likeness (QED) is 0.0273. The first kappa shape index (κ1) is 54.6. The molecule has 2 amide bonds. The normalized spacial score (nSPS) is 12.5. The Morgan fingerprint density at radius 1 is 0.509 bits per heavy atom. The Labute approximate surface area is 350 Å². The van der Waals surface area contributed by atoms with Gasteiger partial charge in [0.25, 0.3) is 0 Å². The number of aliphatic carboxylic acids is 1. The minimum atomic E-state index is -1.38. The van der Waals surface area contributed by atoms with E-state index in [4.69, 9.17) is 14.9 Å². The summed E-state index contributed by atoms with van der Waals surface area (Å²) in [5.74, 6) is -2.28. The van der Waals surface area contributed by atoms with Gasteiger partial charge in [-0.3, -0.25) is 14.4 Å². The SMILES string of the molecule is CCCCCCCCC/C=C\CCCCCCCC(=O)OC(CCCCCCCCCCCCCCC)CCCCCCCC(=O)NCC(=O)NC(CO)C(=O)O. The van der Waals surface area contributed by atoms with E-state index in [1.54, 1.807) is 0 Å². The van der Waals surface area contributed by atoms with Gasteiger partial charge in [0, 0.05) is 12.8 Å². The fourth-order valence-electron chi connectivity index (χ4n) is 7.30. The number of carboxylic acid groups (broad SMARTS) is 1. The first-order valence-electron chi connectivity index (χ1n) is 24.1. The Balaban J connectivity index is 4.29. The first-order valence-corrected chi connectivity index (χ1v) is 24.1. The van der Waals surface area contributed by atoms with Crippen molar-refractivity contribution in [3.63, 3.8) is 0 Å². The summed E-state index contributed by atoms with van der Waals surface area (Å²) in [6.07, 6.45) is 46.7. The number of esters is 1. The largest absolute Gasteiger partial charge is 0.480 e. The summed E-state index contributed by atoms with van der Waals surface area (Å²) in [6, 6.07) is -1.38. The van der Waals surface area contributed by atoms with Crippen LogP contribution < -0.4 is 10.6 Å². The minimum Gasteiger partial charge on any atom is -0.480 e. The number of amides is 2. The van der Waals surface area contributed by atoms with Gasteiger partial charge in [0.05, 0.1) is 13.2 Å². The standard InChI is InChI=1S/C48H90N2O7/c1-3-5-7-9-11-13-15-17-18-19-21-23-25-27-32-36-40-47(54)57-43(37-33-29-26-24-22-20-16-14-12-10-8-6-4-2)38-34-30-28-31-35-39-45(52)49-41-46(53)50-44(42-51)48(55)56/h18-19,43-44,51H,3-17,20-42H2,1-2H3,(H,49,52)(H,50,53)(H,55,56)/b19-18-. The van der Waals surface area contributed by atoms with Crippen molar-refractivity contribution in [3.05, 3.63) is 12.2 Å². The van der Waals surface area contributed by atoms with Crippen LogP contribution in [0.15, 0.2) is 12.2 Å². The summed E-state index contributed by atoms with van der Waals surface area (Å²) in [5, 5.41) is 22.6. The highest BCUT2D eigenvalue weighted by Crippen LogP contribution is 2.19. The molecule has 0 rings (SSSR count). The van der Waals surface area contributed by atoms with Crippen molar-refractivity contribution in [2.75, 3.05) is 13.2 Å². The predicted molar refractivity (Wildman–Crippen MR) is 236 cm³/mol. The van der Waals surface area contributed by atoms with E-state index in [2.05, 4.69) is 36.6 Å². The maximum absolute atomic E-state index is 12.8. The molecule has 0 aliphatic carbocycles. The Bertz CT molecular complexity index is 972. The number of allylic oxidation sites excluding steroid dienone is 2. The zero-order chi connectivity index (χ0) is 41.9. The molecule has 0 saturated carbocycles. The molecule has 0 aliphatic heterocycles. The van der Waals surface area contributed by atoms with Crippen LogP contribution >= 0.6 is 0 Å².